The summed E-state index contributed by atoms with van der Waals surface area (Å²) in [6, 6.07) is 0.565. The predicted molar refractivity (Wildman–Crippen MR) is 84.4 cm³/mol. The van der Waals surface area contributed by atoms with Gasteiger partial charge in [-0.2, -0.15) is 0 Å². The van der Waals surface area contributed by atoms with Crippen molar-refractivity contribution in [3.8, 4) is 0 Å². The van der Waals surface area contributed by atoms with Crippen LogP contribution in [0.2, 0.25) is 0 Å². The first-order chi connectivity index (χ1) is 10.0. The Bertz CT molecular complexity index is 306. The van der Waals surface area contributed by atoms with Crippen LogP contribution in [0.15, 0.2) is 0 Å². The highest BCUT2D eigenvalue weighted by Crippen LogP contribution is 2.17. The van der Waals surface area contributed by atoms with E-state index in [1.54, 1.807) is 0 Å². The van der Waals surface area contributed by atoms with Gasteiger partial charge in [0, 0.05) is 12.6 Å². The fraction of sp³-hybridized carbons (Fsp3) is 0.938. The molecule has 2 unspecified atom stereocenters. The van der Waals surface area contributed by atoms with Crippen molar-refractivity contribution in [1.29, 1.82) is 0 Å². The van der Waals surface area contributed by atoms with Crippen LogP contribution in [0.3, 0.4) is 0 Å². The summed E-state index contributed by atoms with van der Waals surface area (Å²) in [6.07, 6.45) is 5.06. The van der Waals surface area contributed by atoms with Gasteiger partial charge in [-0.05, 0) is 59.2 Å². The van der Waals surface area contributed by atoms with Crippen molar-refractivity contribution in [1.82, 2.24) is 10.2 Å². The zero-order valence-electron chi connectivity index (χ0n) is 14.1. The minimum Gasteiger partial charge on any atom is -0.468 e. The lowest BCUT2D eigenvalue weighted by Gasteiger charge is -2.29. The molecule has 1 rings (SSSR count). The lowest BCUT2D eigenvalue weighted by molar-refractivity contribution is -0.148. The van der Waals surface area contributed by atoms with Crippen molar-refractivity contribution in [3.05, 3.63) is 0 Å². The van der Waals surface area contributed by atoms with Crippen LogP contribution in [-0.2, 0) is 14.3 Å². The zero-order valence-corrected chi connectivity index (χ0v) is 14.1. The second-order valence-electron chi connectivity index (χ2n) is 6.21. The number of likely N-dealkylation sites (N-methyl/N-ethyl adjacent to an activating group) is 1. The van der Waals surface area contributed by atoms with Gasteiger partial charge in [0.1, 0.15) is 5.54 Å². The molecule has 1 saturated heterocycles. The van der Waals surface area contributed by atoms with Crippen molar-refractivity contribution in [2.24, 2.45) is 0 Å². The number of methoxy groups -OCH3 is 1. The maximum absolute atomic E-state index is 12.0. The minimum atomic E-state index is -0.556. The van der Waals surface area contributed by atoms with E-state index >= 15 is 0 Å². The first kappa shape index (κ1) is 18.4. The Morgan fingerprint density at radius 1 is 1.48 bits per heavy atom. The van der Waals surface area contributed by atoms with E-state index in [0.717, 1.165) is 58.4 Å². The summed E-state index contributed by atoms with van der Waals surface area (Å²) in [5.41, 5.74) is -0.556. The molecule has 1 N–H and O–H groups in total. The maximum atomic E-state index is 12.0. The summed E-state index contributed by atoms with van der Waals surface area (Å²) in [5, 5.41) is 3.33. The molecule has 0 aromatic carbocycles. The summed E-state index contributed by atoms with van der Waals surface area (Å²) in [4.78, 5) is 14.3. The van der Waals surface area contributed by atoms with Gasteiger partial charge in [-0.25, -0.2) is 0 Å². The molecule has 1 fully saturated rings. The van der Waals surface area contributed by atoms with Gasteiger partial charge in [-0.3, -0.25) is 4.79 Å². The smallest absolute Gasteiger partial charge is 0.325 e. The molecular weight excluding hydrogens is 268 g/mol. The normalized spacial score (nSPS) is 21.5. The molecule has 0 aromatic heterocycles. The summed E-state index contributed by atoms with van der Waals surface area (Å²) in [6.45, 7) is 7.68. The molecule has 0 bridgehead atoms. The van der Waals surface area contributed by atoms with Gasteiger partial charge in [-0.1, -0.05) is 6.92 Å². The van der Waals surface area contributed by atoms with Crippen molar-refractivity contribution in [3.63, 3.8) is 0 Å². The van der Waals surface area contributed by atoms with Gasteiger partial charge in [-0.15, -0.1) is 0 Å². The molecule has 0 aliphatic carbocycles. The molecule has 1 aliphatic rings. The quantitative estimate of drug-likeness (QED) is 0.492. The van der Waals surface area contributed by atoms with E-state index < -0.39 is 5.54 Å². The third kappa shape index (κ3) is 5.93. The van der Waals surface area contributed by atoms with Gasteiger partial charge in [0.2, 0.25) is 0 Å². The number of nitrogens with one attached hydrogen (secondary N) is 1. The first-order valence-corrected chi connectivity index (χ1v) is 8.15. The molecule has 21 heavy (non-hydrogen) atoms. The van der Waals surface area contributed by atoms with E-state index in [9.17, 15) is 4.79 Å². The Labute approximate surface area is 129 Å². The Hall–Kier alpha value is -0.650. The molecule has 0 spiro atoms. The molecule has 1 aliphatic heterocycles. The molecule has 1 heterocycles. The van der Waals surface area contributed by atoms with E-state index in [4.69, 9.17) is 9.47 Å². The van der Waals surface area contributed by atoms with Crippen LogP contribution in [0.5, 0.6) is 0 Å². The lowest BCUT2D eigenvalue weighted by atomic mass is 9.94. The summed E-state index contributed by atoms with van der Waals surface area (Å²) < 4.78 is 10.4. The van der Waals surface area contributed by atoms with E-state index in [2.05, 4.69) is 24.2 Å². The highest BCUT2D eigenvalue weighted by atomic mass is 16.5. The number of ether oxygens (including phenoxy) is 2. The van der Waals surface area contributed by atoms with Gasteiger partial charge in [0.05, 0.1) is 13.7 Å². The third-order valence-electron chi connectivity index (χ3n) is 4.37. The van der Waals surface area contributed by atoms with Crippen LogP contribution in [0.4, 0.5) is 0 Å². The van der Waals surface area contributed by atoms with Crippen LogP contribution >= 0.6 is 0 Å². The standard InChI is InChI=1S/C16H32N2O3/c1-5-10-17-16(2,15(19)20-4)9-6-7-11-18(3)14-8-12-21-13-14/h14,17H,5-13H2,1-4H3. The van der Waals surface area contributed by atoms with E-state index in [1.807, 2.05) is 6.92 Å². The van der Waals surface area contributed by atoms with Gasteiger partial charge >= 0.3 is 5.97 Å². The van der Waals surface area contributed by atoms with Crippen molar-refractivity contribution in [2.45, 2.75) is 57.5 Å². The van der Waals surface area contributed by atoms with Crippen molar-refractivity contribution >= 4 is 5.97 Å². The molecule has 5 heteroatoms. The molecule has 124 valence electrons. The Balaban J connectivity index is 2.30. The van der Waals surface area contributed by atoms with Crippen LogP contribution in [-0.4, -0.2) is 62.9 Å². The molecular formula is C16H32N2O3. The molecule has 0 radical (unpaired) electrons. The second-order valence-corrected chi connectivity index (χ2v) is 6.21. The van der Waals surface area contributed by atoms with Gasteiger partial charge in [0.25, 0.3) is 0 Å². The van der Waals surface area contributed by atoms with Gasteiger partial charge in [0.15, 0.2) is 0 Å². The maximum Gasteiger partial charge on any atom is 0.325 e. The largest absolute Gasteiger partial charge is 0.468 e. The number of carbonyl (C=O) groups excluding carboxylic acids is 1. The SMILES string of the molecule is CCCNC(C)(CCCCN(C)C1CCOC1)C(=O)OC. The number of esters is 1. The Kier molecular flexibility index (Phi) is 8.22. The van der Waals surface area contributed by atoms with Crippen LogP contribution in [0.25, 0.3) is 0 Å². The van der Waals surface area contributed by atoms with Gasteiger partial charge < -0.3 is 19.7 Å². The molecule has 0 amide bonds. The second kappa shape index (κ2) is 9.38. The van der Waals surface area contributed by atoms with Crippen molar-refractivity contribution < 1.29 is 14.3 Å². The highest BCUT2D eigenvalue weighted by molar-refractivity contribution is 5.80. The summed E-state index contributed by atoms with van der Waals surface area (Å²) in [7, 11) is 3.62. The van der Waals surface area contributed by atoms with Crippen LogP contribution < -0.4 is 5.32 Å². The third-order valence-corrected chi connectivity index (χ3v) is 4.37. The minimum absolute atomic E-state index is 0.159. The number of carbonyl (C=O) groups is 1. The zero-order chi connectivity index (χ0) is 15.7. The molecule has 2 atom stereocenters. The summed E-state index contributed by atoms with van der Waals surface area (Å²) >= 11 is 0. The fourth-order valence-electron chi connectivity index (χ4n) is 2.78. The number of hydrogen-bond acceptors (Lipinski definition) is 5. The topological polar surface area (TPSA) is 50.8 Å². The number of rotatable bonds is 10. The monoisotopic (exact) mass is 300 g/mol. The van der Waals surface area contributed by atoms with E-state index in [1.165, 1.54) is 7.11 Å². The fourth-order valence-corrected chi connectivity index (χ4v) is 2.78. The Morgan fingerprint density at radius 2 is 2.24 bits per heavy atom. The lowest BCUT2D eigenvalue weighted by Crippen LogP contribution is -2.50. The number of nitrogens with zero attached hydrogens (tertiary/aromatic N) is 1. The molecule has 5 nitrogen and oxygen atoms in total. The van der Waals surface area contributed by atoms with E-state index in [0.29, 0.717) is 6.04 Å². The number of hydrogen-bond donors (Lipinski definition) is 1. The van der Waals surface area contributed by atoms with E-state index in [-0.39, 0.29) is 5.97 Å². The molecule has 0 aromatic rings. The predicted octanol–water partition coefficient (Wildman–Crippen LogP) is 1.81. The first-order valence-electron chi connectivity index (χ1n) is 8.15. The summed E-state index contributed by atoms with van der Waals surface area (Å²) in [5.74, 6) is -0.159. The Morgan fingerprint density at radius 3 is 2.81 bits per heavy atom. The molecule has 0 saturated carbocycles. The van der Waals surface area contributed by atoms with Crippen LogP contribution in [0, 0.1) is 0 Å². The highest BCUT2D eigenvalue weighted by Gasteiger charge is 2.32. The average Bonchev–Trinajstić information content (AvgIpc) is 3.02. The van der Waals surface area contributed by atoms with Crippen LogP contribution in [0.1, 0.15) is 46.0 Å². The van der Waals surface area contributed by atoms with Crippen molar-refractivity contribution in [2.75, 3.05) is 40.5 Å². The average molecular weight is 300 g/mol. The number of unbranched alkanes of at least 4 members (excludes halogenated alkanes) is 1.